The van der Waals surface area contributed by atoms with Gasteiger partial charge in [-0.05, 0) is 24.3 Å². The van der Waals surface area contributed by atoms with Crippen LogP contribution in [0.15, 0.2) is 125 Å². The molecule has 0 radical (unpaired) electrons. The van der Waals surface area contributed by atoms with Gasteiger partial charge in [0.2, 0.25) is 5.95 Å². The van der Waals surface area contributed by atoms with E-state index in [1.54, 1.807) is 12.4 Å². The lowest BCUT2D eigenvalue weighted by atomic mass is 10.1. The van der Waals surface area contributed by atoms with Crippen LogP contribution in [0.3, 0.4) is 0 Å². The Bertz CT molecular complexity index is 2230. The number of rotatable bonds is 3. The predicted molar refractivity (Wildman–Crippen MR) is 156 cm³/mol. The molecule has 0 aliphatic carbocycles. The highest BCUT2D eigenvalue weighted by Gasteiger charge is 2.19. The Morgan fingerprint density at radius 2 is 1.25 bits per heavy atom. The molecule has 4 aromatic heterocycles. The maximum atomic E-state index is 13.0. The smallest absolute Gasteiger partial charge is 0.344 e. The Kier molecular flexibility index (Phi) is 4.84. The Morgan fingerprint density at radius 1 is 0.575 bits per heavy atom. The molecule has 0 aliphatic heterocycles. The molecule has 0 bridgehead atoms. The second-order valence-corrected chi connectivity index (χ2v) is 9.54. The van der Waals surface area contributed by atoms with E-state index in [9.17, 15) is 4.79 Å². The zero-order valence-electron chi connectivity index (χ0n) is 21.0. The number of para-hydroxylation sites is 1. The third-order valence-electron chi connectivity index (χ3n) is 7.20. The van der Waals surface area contributed by atoms with Gasteiger partial charge in [-0.1, -0.05) is 78.9 Å². The number of pyridine rings is 1. The zero-order valence-corrected chi connectivity index (χ0v) is 21.0. The van der Waals surface area contributed by atoms with Crippen molar-refractivity contribution in [2.45, 2.75) is 0 Å². The molecule has 0 atom stereocenters. The normalized spacial score (nSPS) is 11.6. The third kappa shape index (κ3) is 3.41. The average molecular weight is 518 g/mol. The van der Waals surface area contributed by atoms with E-state index in [0.29, 0.717) is 28.6 Å². The summed E-state index contributed by atoms with van der Waals surface area (Å²) < 4.78 is 7.65. The molecular weight excluding hydrogens is 498 g/mol. The van der Waals surface area contributed by atoms with Gasteiger partial charge in [-0.25, -0.2) is 9.78 Å². The van der Waals surface area contributed by atoms with Crippen molar-refractivity contribution in [3.63, 3.8) is 0 Å². The van der Waals surface area contributed by atoms with Crippen LogP contribution in [0.25, 0.3) is 72.3 Å². The number of hydrogen-bond donors (Lipinski definition) is 0. The Hall–Kier alpha value is -5.69. The lowest BCUT2D eigenvalue weighted by Crippen LogP contribution is -2.06. The third-order valence-corrected chi connectivity index (χ3v) is 7.20. The van der Waals surface area contributed by atoms with Gasteiger partial charge in [-0.2, -0.15) is 9.97 Å². The second kappa shape index (κ2) is 8.68. The first kappa shape index (κ1) is 22.3. The van der Waals surface area contributed by atoms with Crippen LogP contribution < -0.4 is 5.63 Å². The number of nitrogens with zero attached hydrogens (tertiary/aromatic N) is 5. The molecule has 0 saturated heterocycles. The van der Waals surface area contributed by atoms with Crippen LogP contribution in [0.4, 0.5) is 0 Å². The summed E-state index contributed by atoms with van der Waals surface area (Å²) >= 11 is 0. The highest BCUT2D eigenvalue weighted by molar-refractivity contribution is 6.16. The van der Waals surface area contributed by atoms with Gasteiger partial charge in [-0.3, -0.25) is 9.55 Å². The molecule has 0 N–H and O–H groups in total. The van der Waals surface area contributed by atoms with Gasteiger partial charge in [-0.15, -0.1) is 0 Å². The van der Waals surface area contributed by atoms with Crippen LogP contribution in [0, 0.1) is 0 Å². The highest BCUT2D eigenvalue weighted by Crippen LogP contribution is 2.35. The fraction of sp³-hybridized carbons (Fsp3) is 0. The van der Waals surface area contributed by atoms with Crippen LogP contribution in [0.5, 0.6) is 0 Å². The van der Waals surface area contributed by atoms with E-state index in [-0.39, 0.29) is 0 Å². The van der Waals surface area contributed by atoms with Gasteiger partial charge >= 0.3 is 5.63 Å². The van der Waals surface area contributed by atoms with Crippen molar-refractivity contribution < 1.29 is 4.42 Å². The molecule has 4 aromatic carbocycles. The molecule has 0 saturated carbocycles. The molecule has 8 rings (SSSR count). The van der Waals surface area contributed by atoms with Crippen LogP contribution in [-0.4, -0.2) is 24.5 Å². The summed E-state index contributed by atoms with van der Waals surface area (Å²) in [4.78, 5) is 32.0. The van der Waals surface area contributed by atoms with Crippen molar-refractivity contribution in [1.82, 2.24) is 24.5 Å². The first-order valence-corrected chi connectivity index (χ1v) is 12.9. The molecule has 188 valence electrons. The summed E-state index contributed by atoms with van der Waals surface area (Å²) in [6.45, 7) is 0. The van der Waals surface area contributed by atoms with E-state index in [1.807, 2.05) is 108 Å². The first-order chi connectivity index (χ1) is 19.7. The van der Waals surface area contributed by atoms with Gasteiger partial charge < -0.3 is 4.42 Å². The molecule has 0 spiro atoms. The summed E-state index contributed by atoms with van der Waals surface area (Å²) in [7, 11) is 0. The lowest BCUT2D eigenvalue weighted by Gasteiger charge is -2.11. The molecule has 7 heteroatoms. The molecule has 40 heavy (non-hydrogen) atoms. The molecule has 0 aliphatic rings. The van der Waals surface area contributed by atoms with Crippen LogP contribution in [-0.2, 0) is 0 Å². The standard InChI is InChI=1S/C33H19N5O2/c39-32-26-17-25-22-13-7-8-14-27(22)38(28(25)18-24(26)23-15-16-34-19-29(23)40-32)33-36-30(20-9-3-1-4-10-20)35-31(37-33)21-11-5-2-6-12-21/h1-19H. The van der Waals surface area contributed by atoms with E-state index >= 15 is 0 Å². The maximum absolute atomic E-state index is 13.0. The van der Waals surface area contributed by atoms with Crippen molar-refractivity contribution in [2.24, 2.45) is 0 Å². The van der Waals surface area contributed by atoms with Crippen LogP contribution in [0.1, 0.15) is 0 Å². The number of hydrogen-bond acceptors (Lipinski definition) is 6. The SMILES string of the molecule is O=c1oc2cnccc2c2cc3c(cc12)c1ccccc1n3-c1nc(-c2ccccc2)nc(-c2ccccc2)n1. The number of benzene rings is 4. The summed E-state index contributed by atoms with van der Waals surface area (Å²) in [6, 6.07) is 33.7. The van der Waals surface area contributed by atoms with Gasteiger partial charge in [0.15, 0.2) is 17.2 Å². The van der Waals surface area contributed by atoms with E-state index in [4.69, 9.17) is 19.4 Å². The van der Waals surface area contributed by atoms with E-state index in [0.717, 1.165) is 43.7 Å². The minimum Gasteiger partial charge on any atom is -0.421 e. The van der Waals surface area contributed by atoms with Crippen molar-refractivity contribution in [2.75, 3.05) is 0 Å². The Morgan fingerprint density at radius 3 is 1.98 bits per heavy atom. The number of aromatic nitrogens is 5. The average Bonchev–Trinajstić information content (AvgIpc) is 3.34. The Balaban J connectivity index is 1.51. The summed E-state index contributed by atoms with van der Waals surface area (Å²) in [6.07, 6.45) is 3.27. The minimum absolute atomic E-state index is 0.396. The molecule has 0 amide bonds. The molecule has 8 aromatic rings. The fourth-order valence-electron chi connectivity index (χ4n) is 5.36. The molecule has 4 heterocycles. The van der Waals surface area contributed by atoms with E-state index in [1.165, 1.54) is 0 Å². The topological polar surface area (TPSA) is 86.7 Å². The molecule has 0 fully saturated rings. The first-order valence-electron chi connectivity index (χ1n) is 12.9. The Labute approximate surface area is 227 Å². The lowest BCUT2D eigenvalue weighted by molar-refractivity contribution is 0.568. The summed E-state index contributed by atoms with van der Waals surface area (Å²) in [5.74, 6) is 1.65. The van der Waals surface area contributed by atoms with Gasteiger partial charge in [0.1, 0.15) is 0 Å². The second-order valence-electron chi connectivity index (χ2n) is 9.54. The zero-order chi connectivity index (χ0) is 26.6. The molecule has 7 nitrogen and oxygen atoms in total. The molecular formula is C33H19N5O2. The van der Waals surface area contributed by atoms with Crippen molar-refractivity contribution >= 4 is 43.5 Å². The van der Waals surface area contributed by atoms with Crippen molar-refractivity contribution in [1.29, 1.82) is 0 Å². The van der Waals surface area contributed by atoms with Crippen molar-refractivity contribution in [3.8, 4) is 28.7 Å². The quantitative estimate of drug-likeness (QED) is 0.236. The summed E-state index contributed by atoms with van der Waals surface area (Å²) in [5, 5.41) is 4.00. The van der Waals surface area contributed by atoms with Gasteiger partial charge in [0.25, 0.3) is 0 Å². The van der Waals surface area contributed by atoms with Crippen LogP contribution >= 0.6 is 0 Å². The number of fused-ring (bicyclic) bond motifs is 6. The largest absolute Gasteiger partial charge is 0.421 e. The molecule has 0 unspecified atom stereocenters. The van der Waals surface area contributed by atoms with Gasteiger partial charge in [0.05, 0.1) is 22.6 Å². The van der Waals surface area contributed by atoms with Crippen LogP contribution in [0.2, 0.25) is 0 Å². The fourth-order valence-corrected chi connectivity index (χ4v) is 5.36. The maximum Gasteiger partial charge on any atom is 0.344 e. The monoisotopic (exact) mass is 517 g/mol. The minimum atomic E-state index is -0.396. The highest BCUT2D eigenvalue weighted by atomic mass is 16.4. The van der Waals surface area contributed by atoms with E-state index < -0.39 is 5.63 Å². The van der Waals surface area contributed by atoms with E-state index in [2.05, 4.69) is 4.98 Å². The van der Waals surface area contributed by atoms with Crippen molar-refractivity contribution in [3.05, 3.63) is 126 Å². The summed E-state index contributed by atoms with van der Waals surface area (Å²) in [5.41, 5.74) is 3.64. The predicted octanol–water partition coefficient (Wildman–Crippen LogP) is 6.96. The van der Waals surface area contributed by atoms with Gasteiger partial charge in [0, 0.05) is 38.9 Å².